The van der Waals surface area contributed by atoms with Gasteiger partial charge >= 0.3 is 0 Å². The summed E-state index contributed by atoms with van der Waals surface area (Å²) in [6.45, 7) is 7.63. The molecule has 2 atom stereocenters. The van der Waals surface area contributed by atoms with E-state index in [9.17, 15) is 0 Å². The van der Waals surface area contributed by atoms with Crippen LogP contribution in [0.2, 0.25) is 10.0 Å². The fourth-order valence-corrected chi connectivity index (χ4v) is 3.21. The summed E-state index contributed by atoms with van der Waals surface area (Å²) in [6, 6.07) is 6.16. The largest absolute Gasteiger partial charge is 0.310 e. The van der Waals surface area contributed by atoms with Crippen molar-refractivity contribution in [3.8, 4) is 0 Å². The van der Waals surface area contributed by atoms with Crippen molar-refractivity contribution in [2.75, 3.05) is 6.54 Å². The van der Waals surface area contributed by atoms with Gasteiger partial charge in [-0.05, 0) is 36.6 Å². The number of benzene rings is 1. The molecule has 0 spiro atoms. The van der Waals surface area contributed by atoms with E-state index in [1.54, 1.807) is 0 Å². The predicted molar refractivity (Wildman–Crippen MR) is 90.8 cm³/mol. The van der Waals surface area contributed by atoms with E-state index in [2.05, 4.69) is 32.2 Å². The Morgan fingerprint density at radius 3 is 2.45 bits per heavy atom. The van der Waals surface area contributed by atoms with Gasteiger partial charge in [-0.2, -0.15) is 0 Å². The van der Waals surface area contributed by atoms with Crippen molar-refractivity contribution in [1.82, 2.24) is 5.32 Å². The standard InChI is InChI=1S/C17H27Cl2N/c1-4-7-8-13(5-2)11-17(20-6-3)15-10-9-14(18)12-16(15)19/h9-10,12-13,17,20H,4-8,11H2,1-3H3. The Balaban J connectivity index is 2.81. The molecular formula is C17H27Cl2N. The van der Waals surface area contributed by atoms with Gasteiger partial charge in [0.25, 0.3) is 0 Å². The molecule has 1 aromatic carbocycles. The van der Waals surface area contributed by atoms with Gasteiger partial charge in [-0.15, -0.1) is 0 Å². The molecule has 0 saturated carbocycles. The van der Waals surface area contributed by atoms with Crippen LogP contribution in [0, 0.1) is 5.92 Å². The van der Waals surface area contributed by atoms with Crippen LogP contribution in [0.5, 0.6) is 0 Å². The summed E-state index contributed by atoms with van der Waals surface area (Å²) in [4.78, 5) is 0. The maximum Gasteiger partial charge on any atom is 0.0468 e. The third-order valence-corrected chi connectivity index (χ3v) is 4.46. The first-order valence-corrected chi connectivity index (χ1v) is 8.56. The molecule has 1 rings (SSSR count). The lowest BCUT2D eigenvalue weighted by atomic mass is 9.89. The van der Waals surface area contributed by atoms with Gasteiger partial charge in [0.2, 0.25) is 0 Å². The molecule has 0 aliphatic heterocycles. The highest BCUT2D eigenvalue weighted by Crippen LogP contribution is 2.32. The van der Waals surface area contributed by atoms with Crippen LogP contribution in [0.3, 0.4) is 0 Å². The molecule has 0 aliphatic carbocycles. The van der Waals surface area contributed by atoms with Crippen LogP contribution in [-0.2, 0) is 0 Å². The fraction of sp³-hybridized carbons (Fsp3) is 0.647. The minimum absolute atomic E-state index is 0.326. The molecule has 1 N–H and O–H groups in total. The molecule has 114 valence electrons. The second-order valence-electron chi connectivity index (χ2n) is 5.43. The number of nitrogens with one attached hydrogen (secondary N) is 1. The number of hydrogen-bond donors (Lipinski definition) is 1. The average molecular weight is 316 g/mol. The third-order valence-electron chi connectivity index (χ3n) is 3.90. The molecule has 3 heteroatoms. The minimum atomic E-state index is 0.326. The molecule has 1 aromatic rings. The lowest BCUT2D eigenvalue weighted by molar-refractivity contribution is 0.357. The van der Waals surface area contributed by atoms with Crippen LogP contribution < -0.4 is 5.32 Å². The van der Waals surface area contributed by atoms with E-state index in [-0.39, 0.29) is 0 Å². The van der Waals surface area contributed by atoms with Crippen molar-refractivity contribution in [2.24, 2.45) is 5.92 Å². The van der Waals surface area contributed by atoms with Gasteiger partial charge in [0.15, 0.2) is 0 Å². The van der Waals surface area contributed by atoms with Crippen molar-refractivity contribution in [3.05, 3.63) is 33.8 Å². The quantitative estimate of drug-likeness (QED) is 0.567. The minimum Gasteiger partial charge on any atom is -0.310 e. The second kappa shape index (κ2) is 9.65. The van der Waals surface area contributed by atoms with Crippen LogP contribution >= 0.6 is 23.2 Å². The van der Waals surface area contributed by atoms with Crippen LogP contribution in [0.4, 0.5) is 0 Å². The average Bonchev–Trinajstić information content (AvgIpc) is 2.42. The first-order chi connectivity index (χ1) is 9.62. The number of unbranched alkanes of at least 4 members (excludes halogenated alkanes) is 1. The molecule has 0 amide bonds. The molecule has 0 saturated heterocycles. The van der Waals surface area contributed by atoms with E-state index in [0.717, 1.165) is 23.9 Å². The highest BCUT2D eigenvalue weighted by atomic mass is 35.5. The van der Waals surface area contributed by atoms with Gasteiger partial charge in [0.1, 0.15) is 0 Å². The van der Waals surface area contributed by atoms with Gasteiger partial charge in [0.05, 0.1) is 0 Å². The Kier molecular flexibility index (Phi) is 8.60. The first-order valence-electron chi connectivity index (χ1n) is 7.80. The predicted octanol–water partition coefficient (Wildman–Crippen LogP) is 6.25. The van der Waals surface area contributed by atoms with Crippen molar-refractivity contribution < 1.29 is 0 Å². The van der Waals surface area contributed by atoms with E-state index < -0.39 is 0 Å². The molecule has 0 aliphatic rings. The second-order valence-corrected chi connectivity index (χ2v) is 6.27. The molecule has 0 fully saturated rings. The lowest BCUT2D eigenvalue weighted by Crippen LogP contribution is -2.23. The van der Waals surface area contributed by atoms with Crippen LogP contribution in [0.25, 0.3) is 0 Å². The smallest absolute Gasteiger partial charge is 0.0468 e. The highest BCUT2D eigenvalue weighted by Gasteiger charge is 2.18. The zero-order valence-electron chi connectivity index (χ0n) is 12.9. The number of rotatable bonds is 9. The molecular weight excluding hydrogens is 289 g/mol. The van der Waals surface area contributed by atoms with Crippen LogP contribution in [0.15, 0.2) is 18.2 Å². The summed E-state index contributed by atoms with van der Waals surface area (Å²) in [5.74, 6) is 0.755. The Hall–Kier alpha value is -0.240. The molecule has 2 unspecified atom stereocenters. The maximum atomic E-state index is 6.37. The zero-order chi connectivity index (χ0) is 15.0. The van der Waals surface area contributed by atoms with Crippen molar-refractivity contribution in [3.63, 3.8) is 0 Å². The van der Waals surface area contributed by atoms with E-state index in [0.29, 0.717) is 11.1 Å². The topological polar surface area (TPSA) is 12.0 Å². The molecule has 20 heavy (non-hydrogen) atoms. The molecule has 0 heterocycles. The van der Waals surface area contributed by atoms with Gasteiger partial charge in [-0.3, -0.25) is 0 Å². The summed E-state index contributed by atoms with van der Waals surface area (Å²) in [5.41, 5.74) is 1.17. The first kappa shape index (κ1) is 17.8. The monoisotopic (exact) mass is 315 g/mol. The number of halogens is 2. The van der Waals surface area contributed by atoms with E-state index in [1.807, 2.05) is 12.1 Å². The number of hydrogen-bond acceptors (Lipinski definition) is 1. The Morgan fingerprint density at radius 1 is 1.15 bits per heavy atom. The van der Waals surface area contributed by atoms with Crippen molar-refractivity contribution >= 4 is 23.2 Å². The highest BCUT2D eigenvalue weighted by molar-refractivity contribution is 6.35. The third kappa shape index (κ3) is 5.63. The summed E-state index contributed by atoms with van der Waals surface area (Å²) in [7, 11) is 0. The normalized spacial score (nSPS) is 14.2. The zero-order valence-corrected chi connectivity index (χ0v) is 14.4. The molecule has 1 nitrogen and oxygen atoms in total. The van der Waals surface area contributed by atoms with Crippen molar-refractivity contribution in [2.45, 2.75) is 58.9 Å². The van der Waals surface area contributed by atoms with Gasteiger partial charge in [-0.1, -0.05) is 75.7 Å². The molecule has 0 bridgehead atoms. The lowest BCUT2D eigenvalue weighted by Gasteiger charge is -2.25. The molecule has 0 aromatic heterocycles. The van der Waals surface area contributed by atoms with Gasteiger partial charge in [-0.25, -0.2) is 0 Å². The molecule has 0 radical (unpaired) electrons. The van der Waals surface area contributed by atoms with E-state index >= 15 is 0 Å². The fourth-order valence-electron chi connectivity index (χ4n) is 2.67. The van der Waals surface area contributed by atoms with E-state index in [4.69, 9.17) is 23.2 Å². The summed E-state index contributed by atoms with van der Waals surface area (Å²) in [6.07, 6.45) is 6.26. The van der Waals surface area contributed by atoms with Crippen LogP contribution in [-0.4, -0.2) is 6.54 Å². The Morgan fingerprint density at radius 2 is 1.90 bits per heavy atom. The van der Waals surface area contributed by atoms with E-state index in [1.165, 1.54) is 31.2 Å². The van der Waals surface area contributed by atoms with Gasteiger partial charge < -0.3 is 5.32 Å². The van der Waals surface area contributed by atoms with Crippen molar-refractivity contribution in [1.29, 1.82) is 0 Å². The maximum absolute atomic E-state index is 6.37. The SMILES string of the molecule is CCCCC(CC)CC(NCC)c1ccc(Cl)cc1Cl. The summed E-state index contributed by atoms with van der Waals surface area (Å²) >= 11 is 12.4. The Bertz CT molecular complexity index is 393. The van der Waals surface area contributed by atoms with Crippen LogP contribution in [0.1, 0.15) is 64.5 Å². The summed E-state index contributed by atoms with van der Waals surface area (Å²) < 4.78 is 0. The summed E-state index contributed by atoms with van der Waals surface area (Å²) in [5, 5.41) is 5.05. The Labute approximate surface area is 134 Å². The van der Waals surface area contributed by atoms with Gasteiger partial charge in [0, 0.05) is 16.1 Å².